The third kappa shape index (κ3) is 5.68. The first kappa shape index (κ1) is 23.3. The van der Waals surface area contributed by atoms with Crippen molar-refractivity contribution < 1.29 is 17.9 Å². The molecule has 168 valence electrons. The molecule has 0 aliphatic heterocycles. The van der Waals surface area contributed by atoms with Crippen LogP contribution >= 0.6 is 0 Å². The number of aryl methyl sites for hydroxylation is 3. The van der Waals surface area contributed by atoms with E-state index in [2.05, 4.69) is 10.0 Å². The maximum absolute atomic E-state index is 12.9. The Kier molecular flexibility index (Phi) is 7.20. The van der Waals surface area contributed by atoms with Crippen molar-refractivity contribution in [3.8, 4) is 5.75 Å². The predicted molar refractivity (Wildman–Crippen MR) is 127 cm³/mol. The van der Waals surface area contributed by atoms with Crippen LogP contribution in [0.25, 0.3) is 0 Å². The van der Waals surface area contributed by atoms with E-state index < -0.39 is 10.0 Å². The van der Waals surface area contributed by atoms with Gasteiger partial charge in [0.15, 0.2) is 0 Å². The Bertz CT molecular complexity index is 1240. The Morgan fingerprint density at radius 2 is 1.66 bits per heavy atom. The summed E-state index contributed by atoms with van der Waals surface area (Å²) in [4.78, 5) is 12.7. The Balaban J connectivity index is 1.66. The summed E-state index contributed by atoms with van der Waals surface area (Å²) in [7, 11) is -3.84. The van der Waals surface area contributed by atoms with Gasteiger partial charge in [-0.15, -0.1) is 0 Å². The third-order valence-electron chi connectivity index (χ3n) is 5.21. The van der Waals surface area contributed by atoms with Crippen LogP contribution < -0.4 is 14.8 Å². The van der Waals surface area contributed by atoms with E-state index in [9.17, 15) is 13.2 Å². The topological polar surface area (TPSA) is 84.5 Å². The standard InChI is InChI=1S/C25H28N2O4S/c1-17-7-5-9-22(15-17)27-32(29,30)24-16-21(12-11-19(24)3)25(28)26-13-14-31-23-10-6-8-18(2)20(23)4/h5-12,15-16,27H,13-14H2,1-4H3,(H,26,28). The van der Waals surface area contributed by atoms with E-state index in [4.69, 9.17) is 4.74 Å². The number of rotatable bonds is 8. The molecule has 0 saturated carbocycles. The highest BCUT2D eigenvalue weighted by molar-refractivity contribution is 7.92. The molecule has 6 nitrogen and oxygen atoms in total. The Labute approximate surface area is 189 Å². The van der Waals surface area contributed by atoms with Crippen molar-refractivity contribution in [2.75, 3.05) is 17.9 Å². The van der Waals surface area contributed by atoms with Crippen LogP contribution in [0, 0.1) is 27.7 Å². The fraction of sp³-hybridized carbons (Fsp3) is 0.240. The first-order valence-electron chi connectivity index (χ1n) is 10.3. The number of carbonyl (C=O) groups is 1. The smallest absolute Gasteiger partial charge is 0.262 e. The molecule has 3 aromatic rings. The normalized spacial score (nSPS) is 11.1. The van der Waals surface area contributed by atoms with E-state index in [-0.39, 0.29) is 16.4 Å². The van der Waals surface area contributed by atoms with Crippen LogP contribution in [0.1, 0.15) is 32.6 Å². The van der Waals surface area contributed by atoms with E-state index in [1.54, 1.807) is 37.3 Å². The van der Waals surface area contributed by atoms with Crippen molar-refractivity contribution in [3.05, 3.63) is 88.5 Å². The second kappa shape index (κ2) is 9.87. The molecule has 0 atom stereocenters. The summed E-state index contributed by atoms with van der Waals surface area (Å²) in [6, 6.07) is 17.6. The van der Waals surface area contributed by atoms with Gasteiger partial charge in [0.2, 0.25) is 0 Å². The third-order valence-corrected chi connectivity index (χ3v) is 6.73. The van der Waals surface area contributed by atoms with Crippen LogP contribution in [0.5, 0.6) is 5.75 Å². The number of sulfonamides is 1. The first-order chi connectivity index (χ1) is 15.2. The lowest BCUT2D eigenvalue weighted by molar-refractivity contribution is 0.0946. The monoisotopic (exact) mass is 452 g/mol. The minimum absolute atomic E-state index is 0.0679. The molecule has 0 spiro atoms. The number of amides is 1. The summed E-state index contributed by atoms with van der Waals surface area (Å²) in [6.45, 7) is 8.19. The summed E-state index contributed by atoms with van der Waals surface area (Å²) >= 11 is 0. The number of anilines is 1. The maximum atomic E-state index is 12.9. The first-order valence-corrected chi connectivity index (χ1v) is 11.8. The highest BCUT2D eigenvalue weighted by atomic mass is 32.2. The molecule has 0 saturated heterocycles. The SMILES string of the molecule is Cc1cccc(NS(=O)(=O)c2cc(C(=O)NCCOc3cccc(C)c3C)ccc2C)c1. The molecule has 0 heterocycles. The van der Waals surface area contributed by atoms with Gasteiger partial charge in [0.1, 0.15) is 12.4 Å². The lowest BCUT2D eigenvalue weighted by Crippen LogP contribution is -2.28. The number of hydrogen-bond acceptors (Lipinski definition) is 4. The molecule has 0 aliphatic rings. The van der Waals surface area contributed by atoms with E-state index in [0.29, 0.717) is 24.4 Å². The second-order valence-corrected chi connectivity index (χ2v) is 9.41. The van der Waals surface area contributed by atoms with Crippen LogP contribution in [0.15, 0.2) is 65.6 Å². The maximum Gasteiger partial charge on any atom is 0.262 e. The fourth-order valence-corrected chi connectivity index (χ4v) is 4.58. The van der Waals surface area contributed by atoms with Crippen molar-refractivity contribution in [1.29, 1.82) is 0 Å². The summed E-state index contributed by atoms with van der Waals surface area (Å²) in [5.74, 6) is 0.423. The van der Waals surface area contributed by atoms with Crippen molar-refractivity contribution >= 4 is 21.6 Å². The number of carbonyl (C=O) groups excluding carboxylic acids is 1. The van der Waals surface area contributed by atoms with E-state index >= 15 is 0 Å². The Morgan fingerprint density at radius 1 is 0.906 bits per heavy atom. The van der Waals surface area contributed by atoms with Gasteiger partial charge in [0, 0.05) is 11.3 Å². The van der Waals surface area contributed by atoms with Crippen LogP contribution in [0.4, 0.5) is 5.69 Å². The zero-order valence-electron chi connectivity index (χ0n) is 18.7. The Hall–Kier alpha value is -3.32. The van der Waals surface area contributed by atoms with Crippen molar-refractivity contribution in [1.82, 2.24) is 5.32 Å². The average molecular weight is 453 g/mol. The van der Waals surface area contributed by atoms with Crippen LogP contribution in [0.2, 0.25) is 0 Å². The van der Waals surface area contributed by atoms with Crippen molar-refractivity contribution in [3.63, 3.8) is 0 Å². The molecule has 0 aromatic heterocycles. The van der Waals surface area contributed by atoms with Gasteiger partial charge in [-0.25, -0.2) is 8.42 Å². The second-order valence-electron chi connectivity index (χ2n) is 7.76. The number of nitrogens with one attached hydrogen (secondary N) is 2. The van der Waals surface area contributed by atoms with Gasteiger partial charge in [-0.1, -0.05) is 30.3 Å². The number of ether oxygens (including phenoxy) is 1. The molecule has 32 heavy (non-hydrogen) atoms. The minimum Gasteiger partial charge on any atom is -0.491 e. The fourth-order valence-electron chi connectivity index (χ4n) is 3.26. The van der Waals surface area contributed by atoms with Gasteiger partial charge in [0.05, 0.1) is 11.4 Å². The van der Waals surface area contributed by atoms with Gasteiger partial charge < -0.3 is 10.1 Å². The molecule has 0 bridgehead atoms. The molecule has 3 rings (SSSR count). The number of benzene rings is 3. The molecule has 0 radical (unpaired) electrons. The lowest BCUT2D eigenvalue weighted by Gasteiger charge is -2.13. The summed E-state index contributed by atoms with van der Waals surface area (Å²) < 4.78 is 34.2. The zero-order chi connectivity index (χ0) is 23.3. The molecule has 3 aromatic carbocycles. The summed E-state index contributed by atoms with van der Waals surface area (Å²) in [5.41, 5.74) is 4.44. The molecule has 0 fully saturated rings. The molecule has 1 amide bonds. The van der Waals surface area contributed by atoms with Crippen LogP contribution in [-0.2, 0) is 10.0 Å². The predicted octanol–water partition coefficient (Wildman–Crippen LogP) is 4.53. The molecule has 0 unspecified atom stereocenters. The van der Waals surface area contributed by atoms with Gasteiger partial charge in [0.25, 0.3) is 15.9 Å². The molecule has 0 aliphatic carbocycles. The number of hydrogen-bond donors (Lipinski definition) is 2. The Morgan fingerprint density at radius 3 is 2.41 bits per heavy atom. The minimum atomic E-state index is -3.84. The molecular weight excluding hydrogens is 424 g/mol. The van der Waals surface area contributed by atoms with Gasteiger partial charge in [-0.2, -0.15) is 0 Å². The van der Waals surface area contributed by atoms with E-state index in [0.717, 1.165) is 22.4 Å². The van der Waals surface area contributed by atoms with Gasteiger partial charge in [-0.05, 0) is 80.3 Å². The van der Waals surface area contributed by atoms with E-state index in [1.165, 1.54) is 6.07 Å². The quantitative estimate of drug-likeness (QED) is 0.492. The van der Waals surface area contributed by atoms with Gasteiger partial charge in [-0.3, -0.25) is 9.52 Å². The molecule has 2 N–H and O–H groups in total. The van der Waals surface area contributed by atoms with Crippen LogP contribution in [0.3, 0.4) is 0 Å². The van der Waals surface area contributed by atoms with E-state index in [1.807, 2.05) is 45.0 Å². The van der Waals surface area contributed by atoms with Crippen molar-refractivity contribution in [2.45, 2.75) is 32.6 Å². The highest BCUT2D eigenvalue weighted by Gasteiger charge is 2.19. The van der Waals surface area contributed by atoms with Crippen molar-refractivity contribution in [2.24, 2.45) is 0 Å². The summed E-state index contributed by atoms with van der Waals surface area (Å²) in [5, 5.41) is 2.78. The molecule has 7 heteroatoms. The largest absolute Gasteiger partial charge is 0.491 e. The molecular formula is C25H28N2O4S. The lowest BCUT2D eigenvalue weighted by atomic mass is 10.1. The van der Waals surface area contributed by atoms with Crippen LogP contribution in [-0.4, -0.2) is 27.5 Å². The highest BCUT2D eigenvalue weighted by Crippen LogP contribution is 2.22. The summed E-state index contributed by atoms with van der Waals surface area (Å²) in [6.07, 6.45) is 0. The average Bonchev–Trinajstić information content (AvgIpc) is 2.73. The zero-order valence-corrected chi connectivity index (χ0v) is 19.5. The van der Waals surface area contributed by atoms with Gasteiger partial charge >= 0.3 is 0 Å².